The van der Waals surface area contributed by atoms with Crippen LogP contribution in [0.5, 0.6) is 5.88 Å². The lowest BCUT2D eigenvalue weighted by atomic mass is 9.97. The van der Waals surface area contributed by atoms with Crippen molar-refractivity contribution < 1.29 is 9.66 Å². The molecule has 0 saturated heterocycles. The van der Waals surface area contributed by atoms with Crippen LogP contribution in [0.15, 0.2) is 6.20 Å². The quantitative estimate of drug-likeness (QED) is 0.626. The number of hydrogen-bond acceptors (Lipinski definition) is 5. The molecule has 0 spiro atoms. The van der Waals surface area contributed by atoms with Crippen molar-refractivity contribution in [3.8, 4) is 5.88 Å². The Balaban J connectivity index is 1.99. The monoisotopic (exact) mass is 254 g/mol. The Morgan fingerprint density at radius 3 is 3.00 bits per heavy atom. The van der Waals surface area contributed by atoms with Gasteiger partial charge >= 0.3 is 11.6 Å². The fraction of sp³-hybridized carbons (Fsp3) is 0.727. The summed E-state index contributed by atoms with van der Waals surface area (Å²) in [5.74, 6) is 0.953. The van der Waals surface area contributed by atoms with E-state index in [1.807, 2.05) is 0 Å². The van der Waals surface area contributed by atoms with Gasteiger partial charge in [0.25, 0.3) is 0 Å². The lowest BCUT2D eigenvalue weighted by molar-refractivity contribution is -0.386. The van der Waals surface area contributed by atoms with Gasteiger partial charge in [0, 0.05) is 7.05 Å². The predicted octanol–water partition coefficient (Wildman–Crippen LogP) is 1.08. The molecule has 1 aliphatic rings. The average Bonchev–Trinajstić information content (AvgIpc) is 2.91. The summed E-state index contributed by atoms with van der Waals surface area (Å²) < 4.78 is 6.90. The predicted molar refractivity (Wildman–Crippen MR) is 65.2 cm³/mol. The molecule has 0 aromatic carbocycles. The highest BCUT2D eigenvalue weighted by atomic mass is 16.6. The van der Waals surface area contributed by atoms with Crippen LogP contribution in [0.2, 0.25) is 0 Å². The van der Waals surface area contributed by atoms with E-state index in [9.17, 15) is 10.1 Å². The van der Waals surface area contributed by atoms with Crippen molar-refractivity contribution in [1.82, 2.24) is 9.78 Å². The second kappa shape index (κ2) is 5.34. The summed E-state index contributed by atoms with van der Waals surface area (Å²) in [5, 5.41) is 14.8. The Morgan fingerprint density at radius 1 is 1.61 bits per heavy atom. The highest BCUT2D eigenvalue weighted by molar-refractivity contribution is 5.38. The Bertz CT molecular complexity index is 432. The van der Waals surface area contributed by atoms with Gasteiger partial charge in [-0.2, -0.15) is 0 Å². The minimum Gasteiger partial charge on any atom is -0.471 e. The van der Waals surface area contributed by atoms with Gasteiger partial charge in [0.1, 0.15) is 6.20 Å². The van der Waals surface area contributed by atoms with Gasteiger partial charge in [-0.15, -0.1) is 5.10 Å². The molecular formula is C11H18N4O3. The van der Waals surface area contributed by atoms with Crippen LogP contribution in [0, 0.1) is 22.0 Å². The third-order valence-corrected chi connectivity index (χ3v) is 3.53. The summed E-state index contributed by atoms with van der Waals surface area (Å²) in [6, 6.07) is 0. The van der Waals surface area contributed by atoms with Crippen LogP contribution in [0.4, 0.5) is 5.69 Å². The van der Waals surface area contributed by atoms with E-state index in [0.29, 0.717) is 25.0 Å². The second-order valence-electron chi connectivity index (χ2n) is 4.75. The molecule has 1 heterocycles. The molecule has 2 N–H and O–H groups in total. The van der Waals surface area contributed by atoms with Gasteiger partial charge < -0.3 is 10.5 Å². The van der Waals surface area contributed by atoms with Crippen molar-refractivity contribution in [3.05, 3.63) is 16.3 Å². The average molecular weight is 254 g/mol. The first-order valence-electron chi connectivity index (χ1n) is 6.12. The molecule has 1 aromatic rings. The van der Waals surface area contributed by atoms with Gasteiger partial charge in [0.15, 0.2) is 0 Å². The Labute approximate surface area is 105 Å². The fourth-order valence-electron chi connectivity index (χ4n) is 2.51. The summed E-state index contributed by atoms with van der Waals surface area (Å²) in [5.41, 5.74) is 5.61. The van der Waals surface area contributed by atoms with E-state index < -0.39 is 4.92 Å². The topological polar surface area (TPSA) is 96.2 Å². The molecule has 7 nitrogen and oxygen atoms in total. The minimum atomic E-state index is -0.475. The molecule has 2 unspecified atom stereocenters. The molecule has 0 amide bonds. The SMILES string of the molecule is Cn1cc([N+](=O)[O-])c(OCC2CCCC2CN)n1. The molecule has 7 heteroatoms. The molecule has 0 radical (unpaired) electrons. The Kier molecular flexibility index (Phi) is 3.81. The highest BCUT2D eigenvalue weighted by Gasteiger charge is 2.28. The van der Waals surface area contributed by atoms with Gasteiger partial charge in [-0.05, 0) is 31.2 Å². The minimum absolute atomic E-state index is 0.0835. The first-order valence-corrected chi connectivity index (χ1v) is 6.12. The van der Waals surface area contributed by atoms with E-state index in [-0.39, 0.29) is 11.6 Å². The smallest absolute Gasteiger partial charge is 0.350 e. The molecular weight excluding hydrogens is 236 g/mol. The summed E-state index contributed by atoms with van der Waals surface area (Å²) >= 11 is 0. The van der Waals surface area contributed by atoms with E-state index >= 15 is 0 Å². The molecule has 2 rings (SSSR count). The van der Waals surface area contributed by atoms with Crippen LogP contribution >= 0.6 is 0 Å². The van der Waals surface area contributed by atoms with E-state index in [4.69, 9.17) is 10.5 Å². The van der Waals surface area contributed by atoms with Crippen LogP contribution in [0.3, 0.4) is 0 Å². The number of nitrogens with zero attached hydrogens (tertiary/aromatic N) is 3. The third kappa shape index (κ3) is 2.61. The molecule has 0 aliphatic heterocycles. The van der Waals surface area contributed by atoms with Crippen LogP contribution in [-0.4, -0.2) is 27.9 Å². The first-order chi connectivity index (χ1) is 8.61. The maximum atomic E-state index is 10.8. The van der Waals surface area contributed by atoms with Gasteiger partial charge in [-0.1, -0.05) is 6.42 Å². The number of hydrogen-bond donors (Lipinski definition) is 1. The molecule has 1 saturated carbocycles. The molecule has 2 atom stereocenters. The largest absolute Gasteiger partial charge is 0.471 e. The number of nitro groups is 1. The van der Waals surface area contributed by atoms with Crippen molar-refractivity contribution in [1.29, 1.82) is 0 Å². The van der Waals surface area contributed by atoms with E-state index in [2.05, 4.69) is 5.10 Å². The van der Waals surface area contributed by atoms with Crippen molar-refractivity contribution >= 4 is 5.69 Å². The van der Waals surface area contributed by atoms with E-state index in [1.165, 1.54) is 10.9 Å². The van der Waals surface area contributed by atoms with E-state index in [1.54, 1.807) is 7.05 Å². The van der Waals surface area contributed by atoms with Gasteiger partial charge in [0.2, 0.25) is 0 Å². The Morgan fingerprint density at radius 2 is 2.33 bits per heavy atom. The molecule has 1 aromatic heterocycles. The number of aryl methyl sites for hydroxylation is 1. The zero-order valence-electron chi connectivity index (χ0n) is 10.4. The Hall–Kier alpha value is -1.63. The highest BCUT2D eigenvalue weighted by Crippen LogP contribution is 2.32. The summed E-state index contributed by atoms with van der Waals surface area (Å²) in [6.07, 6.45) is 4.70. The maximum absolute atomic E-state index is 10.8. The fourth-order valence-corrected chi connectivity index (χ4v) is 2.51. The van der Waals surface area contributed by atoms with Crippen molar-refractivity contribution in [2.75, 3.05) is 13.2 Å². The summed E-state index contributed by atoms with van der Waals surface area (Å²) in [7, 11) is 1.64. The lowest BCUT2D eigenvalue weighted by Gasteiger charge is -2.17. The molecule has 0 bridgehead atoms. The normalized spacial score (nSPS) is 23.2. The van der Waals surface area contributed by atoms with Gasteiger partial charge in [0.05, 0.1) is 11.5 Å². The number of nitrogens with two attached hydrogens (primary N) is 1. The summed E-state index contributed by atoms with van der Waals surface area (Å²) in [4.78, 5) is 10.3. The van der Waals surface area contributed by atoms with Crippen LogP contribution in [0.25, 0.3) is 0 Å². The lowest BCUT2D eigenvalue weighted by Crippen LogP contribution is -2.23. The van der Waals surface area contributed by atoms with Crippen LogP contribution < -0.4 is 10.5 Å². The van der Waals surface area contributed by atoms with Gasteiger partial charge in [-0.3, -0.25) is 14.8 Å². The second-order valence-corrected chi connectivity index (χ2v) is 4.75. The number of ether oxygens (including phenoxy) is 1. The zero-order valence-corrected chi connectivity index (χ0v) is 10.4. The number of aromatic nitrogens is 2. The van der Waals surface area contributed by atoms with Crippen LogP contribution in [-0.2, 0) is 7.05 Å². The molecule has 1 aliphatic carbocycles. The molecule has 100 valence electrons. The van der Waals surface area contributed by atoms with Gasteiger partial charge in [-0.25, -0.2) is 0 Å². The van der Waals surface area contributed by atoms with E-state index in [0.717, 1.165) is 19.3 Å². The standard InChI is InChI=1S/C11H18N4O3/c1-14-6-10(15(16)17)11(13-14)18-7-9-4-2-3-8(9)5-12/h6,8-9H,2-5,7,12H2,1H3. The molecule has 18 heavy (non-hydrogen) atoms. The summed E-state index contributed by atoms with van der Waals surface area (Å²) in [6.45, 7) is 1.11. The van der Waals surface area contributed by atoms with Crippen LogP contribution in [0.1, 0.15) is 19.3 Å². The van der Waals surface area contributed by atoms with Crippen molar-refractivity contribution in [2.45, 2.75) is 19.3 Å². The van der Waals surface area contributed by atoms with Crippen molar-refractivity contribution in [3.63, 3.8) is 0 Å². The zero-order chi connectivity index (χ0) is 13.1. The molecule has 1 fully saturated rings. The first kappa shape index (κ1) is 12.8. The maximum Gasteiger partial charge on any atom is 0.350 e. The van der Waals surface area contributed by atoms with Crippen molar-refractivity contribution in [2.24, 2.45) is 24.6 Å². The third-order valence-electron chi connectivity index (χ3n) is 3.53. The number of rotatable bonds is 5.